The summed E-state index contributed by atoms with van der Waals surface area (Å²) in [7, 11) is 0. The SMILES string of the molecule is CCCCOCCOCCOCCCN(Cc1cc(C)ccc1F)[C@@H](O)[C@@H](N)CC. The van der Waals surface area contributed by atoms with Gasteiger partial charge in [0.25, 0.3) is 0 Å². The molecule has 1 aromatic rings. The van der Waals surface area contributed by atoms with Crippen molar-refractivity contribution in [3.05, 3.63) is 35.1 Å². The molecule has 0 spiro atoms. The maximum absolute atomic E-state index is 14.2. The predicted octanol–water partition coefficient (Wildman–Crippen LogP) is 3.23. The Kier molecular flexibility index (Phi) is 14.9. The van der Waals surface area contributed by atoms with Crippen LogP contribution < -0.4 is 5.73 Å². The lowest BCUT2D eigenvalue weighted by molar-refractivity contribution is -0.0290. The quantitative estimate of drug-likeness (QED) is 0.276. The van der Waals surface area contributed by atoms with Gasteiger partial charge in [0, 0.05) is 37.9 Å². The van der Waals surface area contributed by atoms with Crippen LogP contribution in [0.1, 0.15) is 50.7 Å². The number of benzene rings is 1. The molecule has 1 rings (SSSR count). The van der Waals surface area contributed by atoms with Crippen molar-refractivity contribution in [2.75, 3.05) is 46.2 Å². The molecule has 0 fully saturated rings. The molecule has 0 saturated carbocycles. The van der Waals surface area contributed by atoms with Crippen LogP contribution in [0.25, 0.3) is 0 Å². The van der Waals surface area contributed by atoms with Crippen LogP contribution >= 0.6 is 0 Å². The van der Waals surface area contributed by atoms with E-state index in [4.69, 9.17) is 19.9 Å². The monoisotopic (exact) mass is 428 g/mol. The molecule has 0 aliphatic heterocycles. The number of rotatable bonds is 18. The first-order chi connectivity index (χ1) is 14.5. The maximum atomic E-state index is 14.2. The third kappa shape index (κ3) is 11.3. The van der Waals surface area contributed by atoms with E-state index in [9.17, 15) is 9.50 Å². The summed E-state index contributed by atoms with van der Waals surface area (Å²) < 4.78 is 30.7. The van der Waals surface area contributed by atoms with Crippen molar-refractivity contribution in [3.8, 4) is 0 Å². The predicted molar refractivity (Wildman–Crippen MR) is 118 cm³/mol. The van der Waals surface area contributed by atoms with Crippen LogP contribution in [-0.4, -0.2) is 68.5 Å². The smallest absolute Gasteiger partial charge is 0.127 e. The fraction of sp³-hybridized carbons (Fsp3) is 0.739. The second kappa shape index (κ2) is 16.6. The van der Waals surface area contributed by atoms with Crippen LogP contribution in [0.5, 0.6) is 0 Å². The van der Waals surface area contributed by atoms with Crippen LogP contribution in [-0.2, 0) is 20.8 Å². The summed E-state index contributed by atoms with van der Waals surface area (Å²) in [6, 6.07) is 4.64. The summed E-state index contributed by atoms with van der Waals surface area (Å²) in [5.41, 5.74) is 7.58. The van der Waals surface area contributed by atoms with Gasteiger partial charge < -0.3 is 25.1 Å². The molecular formula is C23H41FN2O4. The average molecular weight is 429 g/mol. The molecule has 6 nitrogen and oxygen atoms in total. The van der Waals surface area contributed by atoms with Crippen molar-refractivity contribution < 1.29 is 23.7 Å². The van der Waals surface area contributed by atoms with Crippen molar-refractivity contribution in [3.63, 3.8) is 0 Å². The Morgan fingerprint density at radius 1 is 1.00 bits per heavy atom. The molecule has 0 aromatic heterocycles. The maximum Gasteiger partial charge on any atom is 0.127 e. The van der Waals surface area contributed by atoms with E-state index in [-0.39, 0.29) is 11.9 Å². The molecule has 0 heterocycles. The minimum atomic E-state index is -0.828. The largest absolute Gasteiger partial charge is 0.379 e. The van der Waals surface area contributed by atoms with Crippen molar-refractivity contribution in [1.29, 1.82) is 0 Å². The standard InChI is InChI=1S/C23H41FN2O4/c1-4-6-11-28-13-15-30-16-14-29-12-7-10-26(23(27)22(25)5-2)18-20-17-19(3)8-9-21(20)24/h8-9,17,22-23,27H,4-7,10-16,18,25H2,1-3H3/t22-,23-/m0/s1. The third-order valence-corrected chi connectivity index (χ3v) is 4.92. The topological polar surface area (TPSA) is 77.2 Å². The molecule has 0 aliphatic carbocycles. The number of nitrogens with two attached hydrogens (primary N) is 1. The van der Waals surface area contributed by atoms with E-state index in [1.165, 1.54) is 6.07 Å². The molecule has 3 N–H and O–H groups in total. The van der Waals surface area contributed by atoms with E-state index in [1.807, 2.05) is 24.8 Å². The Morgan fingerprint density at radius 3 is 2.20 bits per heavy atom. The zero-order chi connectivity index (χ0) is 22.2. The number of aliphatic hydroxyl groups is 1. The normalized spacial score (nSPS) is 13.7. The lowest BCUT2D eigenvalue weighted by atomic mass is 10.1. The number of aryl methyl sites for hydroxylation is 1. The number of hydrogen-bond donors (Lipinski definition) is 2. The molecule has 0 unspecified atom stereocenters. The number of ether oxygens (including phenoxy) is 3. The fourth-order valence-corrected chi connectivity index (χ4v) is 2.99. The van der Waals surface area contributed by atoms with Crippen molar-refractivity contribution >= 4 is 0 Å². The van der Waals surface area contributed by atoms with Gasteiger partial charge in [0.2, 0.25) is 0 Å². The molecule has 1 aromatic carbocycles. The van der Waals surface area contributed by atoms with Gasteiger partial charge in [-0.25, -0.2) is 4.39 Å². The second-order valence-corrected chi connectivity index (χ2v) is 7.60. The summed E-state index contributed by atoms with van der Waals surface area (Å²) in [4.78, 5) is 1.82. The van der Waals surface area contributed by atoms with Gasteiger partial charge in [0.05, 0.1) is 26.4 Å². The molecule has 7 heteroatoms. The average Bonchev–Trinajstić information content (AvgIpc) is 2.74. The third-order valence-electron chi connectivity index (χ3n) is 4.92. The first kappa shape index (κ1) is 26.9. The molecule has 0 radical (unpaired) electrons. The number of halogens is 1. The summed E-state index contributed by atoms with van der Waals surface area (Å²) in [5, 5.41) is 10.6. The van der Waals surface area contributed by atoms with Gasteiger partial charge in [-0.15, -0.1) is 0 Å². The van der Waals surface area contributed by atoms with Crippen LogP contribution in [0.15, 0.2) is 18.2 Å². The van der Waals surface area contributed by atoms with E-state index >= 15 is 0 Å². The van der Waals surface area contributed by atoms with Crippen molar-refractivity contribution in [1.82, 2.24) is 4.90 Å². The minimum Gasteiger partial charge on any atom is -0.379 e. The summed E-state index contributed by atoms with van der Waals surface area (Å²) >= 11 is 0. The highest BCUT2D eigenvalue weighted by Gasteiger charge is 2.22. The molecule has 2 atom stereocenters. The Bertz CT molecular complexity index is 562. The molecule has 0 saturated heterocycles. The first-order valence-electron chi connectivity index (χ1n) is 11.2. The van der Waals surface area contributed by atoms with Crippen LogP contribution in [0.2, 0.25) is 0 Å². The summed E-state index contributed by atoms with van der Waals surface area (Å²) in [5.74, 6) is -0.269. The van der Waals surface area contributed by atoms with Gasteiger partial charge in [-0.1, -0.05) is 38.0 Å². The molecule has 174 valence electrons. The van der Waals surface area contributed by atoms with E-state index < -0.39 is 6.23 Å². The van der Waals surface area contributed by atoms with Gasteiger partial charge >= 0.3 is 0 Å². The van der Waals surface area contributed by atoms with Crippen molar-refractivity contribution in [2.45, 2.75) is 65.3 Å². The van der Waals surface area contributed by atoms with Crippen LogP contribution in [0.4, 0.5) is 4.39 Å². The lowest BCUT2D eigenvalue weighted by Crippen LogP contribution is -2.47. The highest BCUT2D eigenvalue weighted by Crippen LogP contribution is 2.16. The number of hydrogen-bond acceptors (Lipinski definition) is 6. The second-order valence-electron chi connectivity index (χ2n) is 7.60. The van der Waals surface area contributed by atoms with Gasteiger partial charge in [-0.05, 0) is 32.3 Å². The highest BCUT2D eigenvalue weighted by molar-refractivity contribution is 5.24. The van der Waals surface area contributed by atoms with E-state index in [0.29, 0.717) is 64.5 Å². The minimum absolute atomic E-state index is 0.269. The summed E-state index contributed by atoms with van der Waals surface area (Å²) in [6.07, 6.45) is 2.73. The summed E-state index contributed by atoms with van der Waals surface area (Å²) in [6.45, 7) is 10.4. The molecule has 0 aliphatic rings. The molecule has 0 bridgehead atoms. The zero-order valence-electron chi connectivity index (χ0n) is 18.9. The first-order valence-corrected chi connectivity index (χ1v) is 11.2. The van der Waals surface area contributed by atoms with Crippen LogP contribution in [0.3, 0.4) is 0 Å². The van der Waals surface area contributed by atoms with Crippen LogP contribution in [0, 0.1) is 12.7 Å². The van der Waals surface area contributed by atoms with E-state index in [0.717, 1.165) is 25.0 Å². The molecule has 0 amide bonds. The van der Waals surface area contributed by atoms with Crippen molar-refractivity contribution in [2.24, 2.45) is 5.73 Å². The fourth-order valence-electron chi connectivity index (χ4n) is 2.99. The molecular weight excluding hydrogens is 387 g/mol. The zero-order valence-corrected chi connectivity index (χ0v) is 18.9. The van der Waals surface area contributed by atoms with Gasteiger partial charge in [-0.3, -0.25) is 4.90 Å². The Balaban J connectivity index is 2.31. The number of nitrogens with zero attached hydrogens (tertiary/aromatic N) is 1. The number of aliphatic hydroxyl groups excluding tert-OH is 1. The van der Waals surface area contributed by atoms with E-state index in [2.05, 4.69) is 6.92 Å². The van der Waals surface area contributed by atoms with Gasteiger partial charge in [0.15, 0.2) is 0 Å². The van der Waals surface area contributed by atoms with E-state index in [1.54, 1.807) is 6.07 Å². The lowest BCUT2D eigenvalue weighted by Gasteiger charge is -2.31. The van der Waals surface area contributed by atoms with Gasteiger partial charge in [0.1, 0.15) is 12.0 Å². The Hall–Kier alpha value is -1.09. The number of unbranched alkanes of at least 4 members (excludes halogenated alkanes) is 1. The molecule has 30 heavy (non-hydrogen) atoms. The Labute approximate surface area is 181 Å². The highest BCUT2D eigenvalue weighted by atomic mass is 19.1. The van der Waals surface area contributed by atoms with Gasteiger partial charge in [-0.2, -0.15) is 0 Å². The Morgan fingerprint density at radius 2 is 1.60 bits per heavy atom.